The van der Waals surface area contributed by atoms with Gasteiger partial charge in [-0.15, -0.1) is 0 Å². The molecule has 0 aromatic carbocycles. The Kier molecular flexibility index (Phi) is 4.61. The summed E-state index contributed by atoms with van der Waals surface area (Å²) in [7, 11) is 0. The minimum atomic E-state index is -0.0930. The molecule has 1 aliphatic rings. The van der Waals surface area contributed by atoms with Gasteiger partial charge in [-0.3, -0.25) is 14.4 Å². The Morgan fingerprint density at radius 3 is 2.87 bits per heavy atom. The van der Waals surface area contributed by atoms with E-state index in [0.29, 0.717) is 19.4 Å². The van der Waals surface area contributed by atoms with Crippen molar-refractivity contribution in [2.75, 3.05) is 13.2 Å². The van der Waals surface area contributed by atoms with Gasteiger partial charge in [-0.25, -0.2) is 0 Å². The van der Waals surface area contributed by atoms with Crippen LogP contribution >= 0.6 is 11.8 Å². The molecule has 5 nitrogen and oxygen atoms in total. The van der Waals surface area contributed by atoms with E-state index in [1.165, 1.54) is 18.7 Å². The average Bonchev–Trinajstić information content (AvgIpc) is 2.56. The number of hydrogen-bond acceptors (Lipinski definition) is 5. The Hall–Kier alpha value is -1.04. The van der Waals surface area contributed by atoms with Crippen LogP contribution in [-0.2, 0) is 19.1 Å². The largest absolute Gasteiger partial charge is 0.466 e. The maximum absolute atomic E-state index is 10.9. The zero-order valence-electron chi connectivity index (χ0n) is 8.42. The van der Waals surface area contributed by atoms with E-state index in [0.717, 1.165) is 6.41 Å². The van der Waals surface area contributed by atoms with Crippen LogP contribution in [0.2, 0.25) is 0 Å². The number of nitrogens with zero attached hydrogens (tertiary/aromatic N) is 1. The van der Waals surface area contributed by atoms with Crippen LogP contribution in [0.4, 0.5) is 0 Å². The molecule has 0 N–H and O–H groups in total. The molecule has 2 atom stereocenters. The van der Waals surface area contributed by atoms with Crippen LogP contribution in [0.5, 0.6) is 0 Å². The molecule has 0 aromatic rings. The van der Waals surface area contributed by atoms with Crippen molar-refractivity contribution < 1.29 is 19.1 Å². The minimum Gasteiger partial charge on any atom is -0.466 e. The second-order valence-corrected chi connectivity index (χ2v) is 4.83. The van der Waals surface area contributed by atoms with Gasteiger partial charge in [0.2, 0.25) is 6.41 Å². The Morgan fingerprint density at radius 2 is 2.33 bits per heavy atom. The van der Waals surface area contributed by atoms with E-state index < -0.39 is 0 Å². The summed E-state index contributed by atoms with van der Waals surface area (Å²) >= 11 is 1.24. The molecule has 0 radical (unpaired) electrons. The van der Waals surface area contributed by atoms with Gasteiger partial charge in [0.25, 0.3) is 6.47 Å². The topological polar surface area (TPSA) is 63.7 Å². The Bertz CT molecular complexity index is 258. The van der Waals surface area contributed by atoms with E-state index in [9.17, 15) is 14.4 Å². The highest BCUT2D eigenvalue weighted by atomic mass is 32.2. The lowest BCUT2D eigenvalue weighted by atomic mass is 10.2. The minimum absolute atomic E-state index is 0.0443. The quantitative estimate of drug-likeness (QED) is 0.625. The first-order chi connectivity index (χ1) is 7.17. The van der Waals surface area contributed by atoms with Gasteiger partial charge in [0.1, 0.15) is 6.61 Å². The Labute approximate surface area is 92.1 Å². The van der Waals surface area contributed by atoms with Crippen molar-refractivity contribution in [3.63, 3.8) is 0 Å². The third-order valence-corrected chi connectivity index (χ3v) is 3.25. The van der Waals surface area contributed by atoms with E-state index in [1.807, 2.05) is 0 Å². The molecule has 1 aliphatic heterocycles. The lowest BCUT2D eigenvalue weighted by molar-refractivity contribution is -0.132. The third-order valence-electron chi connectivity index (χ3n) is 2.24. The second-order valence-electron chi connectivity index (χ2n) is 3.35. The van der Waals surface area contributed by atoms with Gasteiger partial charge in [0.05, 0.1) is 6.04 Å². The summed E-state index contributed by atoms with van der Waals surface area (Å²) < 4.78 is 4.63. The fourth-order valence-electron chi connectivity index (χ4n) is 1.66. The van der Waals surface area contributed by atoms with Crippen LogP contribution < -0.4 is 0 Å². The summed E-state index contributed by atoms with van der Waals surface area (Å²) in [6, 6.07) is -0.0930. The van der Waals surface area contributed by atoms with Crippen LogP contribution in [0.25, 0.3) is 0 Å². The summed E-state index contributed by atoms with van der Waals surface area (Å²) in [6.07, 6.45) is 1.43. The highest BCUT2D eigenvalue weighted by molar-refractivity contribution is 8.14. The predicted molar refractivity (Wildman–Crippen MR) is 55.3 cm³/mol. The molecule has 1 rings (SSSR count). The molecule has 1 fully saturated rings. The van der Waals surface area contributed by atoms with Crippen LogP contribution in [0, 0.1) is 0 Å². The first kappa shape index (κ1) is 12.0. The SMILES string of the molecule is CC(=O)S[C@H]1C[C@@H](COC=O)N(C=O)C1. The summed E-state index contributed by atoms with van der Waals surface area (Å²) in [5.74, 6) is 0. The van der Waals surface area contributed by atoms with E-state index >= 15 is 0 Å². The fraction of sp³-hybridized carbons (Fsp3) is 0.667. The molecule has 0 spiro atoms. The zero-order chi connectivity index (χ0) is 11.3. The van der Waals surface area contributed by atoms with E-state index in [1.54, 1.807) is 4.90 Å². The number of ether oxygens (including phenoxy) is 1. The van der Waals surface area contributed by atoms with Gasteiger partial charge >= 0.3 is 0 Å². The summed E-state index contributed by atoms with van der Waals surface area (Å²) in [5.41, 5.74) is 0. The van der Waals surface area contributed by atoms with Gasteiger partial charge in [-0.05, 0) is 6.42 Å². The average molecular weight is 231 g/mol. The van der Waals surface area contributed by atoms with Crippen LogP contribution in [0.15, 0.2) is 0 Å². The van der Waals surface area contributed by atoms with Crippen molar-refractivity contribution in [1.29, 1.82) is 0 Å². The summed E-state index contributed by atoms with van der Waals surface area (Å²) in [5, 5.41) is 0.163. The molecular weight excluding hydrogens is 218 g/mol. The fourth-order valence-corrected chi connectivity index (χ4v) is 2.70. The maximum atomic E-state index is 10.9. The van der Waals surface area contributed by atoms with Crippen molar-refractivity contribution in [1.82, 2.24) is 4.90 Å². The molecule has 0 unspecified atom stereocenters. The number of rotatable bonds is 5. The zero-order valence-corrected chi connectivity index (χ0v) is 9.24. The van der Waals surface area contributed by atoms with Crippen molar-refractivity contribution >= 4 is 29.8 Å². The van der Waals surface area contributed by atoms with Crippen molar-refractivity contribution in [2.45, 2.75) is 24.6 Å². The molecule has 0 bridgehead atoms. The Balaban J connectivity index is 2.46. The van der Waals surface area contributed by atoms with E-state index in [-0.39, 0.29) is 23.0 Å². The van der Waals surface area contributed by atoms with Crippen molar-refractivity contribution in [3.8, 4) is 0 Å². The third kappa shape index (κ3) is 3.54. The number of carbonyl (C=O) groups excluding carboxylic acids is 3. The summed E-state index contributed by atoms with van der Waals surface area (Å²) in [4.78, 5) is 33.2. The molecule has 1 heterocycles. The lowest BCUT2D eigenvalue weighted by Crippen LogP contribution is -2.31. The molecule has 0 aromatic heterocycles. The summed E-state index contributed by atoms with van der Waals surface area (Å²) in [6.45, 7) is 2.62. The van der Waals surface area contributed by atoms with Crippen molar-refractivity contribution in [3.05, 3.63) is 0 Å². The standard InChI is InChI=1S/C9H13NO4S/c1-7(13)15-9-2-8(4-14-6-12)10(3-9)5-11/h5-6,8-9H,2-4H2,1H3/t8-,9-/m0/s1. The molecule has 0 saturated carbocycles. The number of amides is 1. The smallest absolute Gasteiger partial charge is 0.293 e. The molecule has 0 aliphatic carbocycles. The molecule has 84 valence electrons. The Morgan fingerprint density at radius 1 is 1.60 bits per heavy atom. The number of hydrogen-bond donors (Lipinski definition) is 0. The van der Waals surface area contributed by atoms with Gasteiger partial charge < -0.3 is 9.64 Å². The molecule has 15 heavy (non-hydrogen) atoms. The van der Waals surface area contributed by atoms with Crippen LogP contribution in [0.3, 0.4) is 0 Å². The van der Waals surface area contributed by atoms with E-state index in [4.69, 9.17) is 0 Å². The first-order valence-electron chi connectivity index (χ1n) is 4.61. The number of thioether (sulfide) groups is 1. The van der Waals surface area contributed by atoms with Crippen molar-refractivity contribution in [2.24, 2.45) is 0 Å². The molecular formula is C9H13NO4S. The highest BCUT2D eigenvalue weighted by Crippen LogP contribution is 2.26. The van der Waals surface area contributed by atoms with Gasteiger partial charge in [-0.1, -0.05) is 11.8 Å². The monoisotopic (exact) mass is 231 g/mol. The van der Waals surface area contributed by atoms with Gasteiger partial charge in [0.15, 0.2) is 5.12 Å². The highest BCUT2D eigenvalue weighted by Gasteiger charge is 2.32. The number of likely N-dealkylation sites (tertiary alicyclic amines) is 1. The maximum Gasteiger partial charge on any atom is 0.293 e. The lowest BCUT2D eigenvalue weighted by Gasteiger charge is -2.17. The predicted octanol–water partition coefficient (Wildman–Crippen LogP) is 0.0384. The van der Waals surface area contributed by atoms with Gasteiger partial charge in [-0.2, -0.15) is 0 Å². The number of carbonyl (C=O) groups is 3. The first-order valence-corrected chi connectivity index (χ1v) is 5.49. The molecule has 1 amide bonds. The van der Waals surface area contributed by atoms with Gasteiger partial charge in [0, 0.05) is 18.7 Å². The normalized spacial score (nSPS) is 25.0. The molecule has 1 saturated heterocycles. The molecule has 6 heteroatoms. The van der Waals surface area contributed by atoms with E-state index in [2.05, 4.69) is 4.74 Å². The van der Waals surface area contributed by atoms with Crippen LogP contribution in [0.1, 0.15) is 13.3 Å². The van der Waals surface area contributed by atoms with Crippen LogP contribution in [-0.4, -0.2) is 47.3 Å². The second kappa shape index (κ2) is 5.75.